The van der Waals surface area contributed by atoms with E-state index in [-0.39, 0.29) is 0 Å². The van der Waals surface area contributed by atoms with E-state index >= 15 is 0 Å². The largest absolute Gasteiger partial charge is 0.377 e. The van der Waals surface area contributed by atoms with Crippen LogP contribution in [0.3, 0.4) is 0 Å². The molecule has 0 radical (unpaired) electrons. The molecular weight excluding hydrogens is 200 g/mol. The van der Waals surface area contributed by atoms with E-state index in [2.05, 4.69) is 11.8 Å². The van der Waals surface area contributed by atoms with Crippen molar-refractivity contribution in [1.29, 1.82) is 0 Å². The Kier molecular flexibility index (Phi) is 4.62. The molecule has 1 aliphatic carbocycles. The molecule has 3 unspecified atom stereocenters. The molecule has 3 nitrogen and oxygen atoms in total. The monoisotopic (exact) mass is 226 g/mol. The minimum atomic E-state index is 0.436. The van der Waals surface area contributed by atoms with Gasteiger partial charge in [-0.2, -0.15) is 0 Å². The maximum absolute atomic E-state index is 6.07. The van der Waals surface area contributed by atoms with E-state index in [1.54, 1.807) is 0 Å². The number of hydrogen-bond acceptors (Lipinski definition) is 3. The van der Waals surface area contributed by atoms with Crippen molar-refractivity contribution < 1.29 is 4.74 Å². The number of rotatable bonds is 3. The van der Waals surface area contributed by atoms with E-state index in [1.807, 2.05) is 0 Å². The average molecular weight is 226 g/mol. The first-order valence-corrected chi connectivity index (χ1v) is 6.90. The smallest absolute Gasteiger partial charge is 0.0702 e. The van der Waals surface area contributed by atoms with Gasteiger partial charge in [0.2, 0.25) is 0 Å². The Bertz CT molecular complexity index is 208. The van der Waals surface area contributed by atoms with Crippen molar-refractivity contribution in [2.75, 3.05) is 19.7 Å². The molecule has 0 aromatic heterocycles. The van der Waals surface area contributed by atoms with Gasteiger partial charge in [-0.1, -0.05) is 6.42 Å². The van der Waals surface area contributed by atoms with Gasteiger partial charge in [0.15, 0.2) is 0 Å². The standard InChI is InChI=1S/C13H26N2O/c1-2-16-13-7-4-8-15(10-13)12-6-3-5-11(14)9-12/h11-13H,2-10,14H2,1H3. The molecule has 3 heteroatoms. The molecule has 2 rings (SSSR count). The molecule has 1 aliphatic heterocycles. The van der Waals surface area contributed by atoms with E-state index < -0.39 is 0 Å². The second-order valence-corrected chi connectivity index (χ2v) is 5.30. The topological polar surface area (TPSA) is 38.5 Å². The van der Waals surface area contributed by atoms with Crippen molar-refractivity contribution in [3.05, 3.63) is 0 Å². The molecule has 2 aliphatic rings. The number of nitrogens with two attached hydrogens (primary N) is 1. The number of piperidine rings is 1. The lowest BCUT2D eigenvalue weighted by Crippen LogP contribution is -2.48. The molecule has 0 aromatic carbocycles. The molecule has 0 aromatic rings. The Morgan fingerprint density at radius 2 is 2.12 bits per heavy atom. The quantitative estimate of drug-likeness (QED) is 0.797. The van der Waals surface area contributed by atoms with Crippen molar-refractivity contribution in [2.45, 2.75) is 63.6 Å². The van der Waals surface area contributed by atoms with Crippen LogP contribution in [0.1, 0.15) is 45.4 Å². The summed E-state index contributed by atoms with van der Waals surface area (Å²) in [7, 11) is 0. The van der Waals surface area contributed by atoms with Crippen LogP contribution in [-0.4, -0.2) is 42.8 Å². The highest BCUT2D eigenvalue weighted by Gasteiger charge is 2.29. The van der Waals surface area contributed by atoms with E-state index in [0.717, 1.165) is 19.2 Å². The van der Waals surface area contributed by atoms with E-state index in [9.17, 15) is 0 Å². The van der Waals surface area contributed by atoms with Crippen molar-refractivity contribution in [1.82, 2.24) is 4.90 Å². The van der Waals surface area contributed by atoms with Crippen LogP contribution in [0.4, 0.5) is 0 Å². The zero-order chi connectivity index (χ0) is 11.4. The lowest BCUT2D eigenvalue weighted by atomic mass is 9.89. The summed E-state index contributed by atoms with van der Waals surface area (Å²) in [6.07, 6.45) is 8.06. The van der Waals surface area contributed by atoms with Gasteiger partial charge in [0.1, 0.15) is 0 Å². The number of nitrogens with zero attached hydrogens (tertiary/aromatic N) is 1. The van der Waals surface area contributed by atoms with Gasteiger partial charge < -0.3 is 10.5 Å². The molecule has 1 saturated carbocycles. The van der Waals surface area contributed by atoms with Gasteiger partial charge in [-0.25, -0.2) is 0 Å². The lowest BCUT2D eigenvalue weighted by molar-refractivity contribution is -0.0134. The van der Waals surface area contributed by atoms with Gasteiger partial charge in [-0.3, -0.25) is 4.90 Å². The molecule has 2 fully saturated rings. The zero-order valence-electron chi connectivity index (χ0n) is 10.5. The fraction of sp³-hybridized carbons (Fsp3) is 1.00. The molecule has 1 heterocycles. The van der Waals surface area contributed by atoms with E-state index in [0.29, 0.717) is 12.1 Å². The molecule has 3 atom stereocenters. The van der Waals surface area contributed by atoms with Crippen molar-refractivity contribution in [3.8, 4) is 0 Å². The first-order chi connectivity index (χ1) is 7.79. The zero-order valence-corrected chi connectivity index (χ0v) is 10.5. The Morgan fingerprint density at radius 1 is 1.25 bits per heavy atom. The summed E-state index contributed by atoms with van der Waals surface area (Å²) in [6.45, 7) is 5.32. The summed E-state index contributed by atoms with van der Waals surface area (Å²) in [5.74, 6) is 0. The van der Waals surface area contributed by atoms with E-state index in [4.69, 9.17) is 10.5 Å². The third kappa shape index (κ3) is 3.19. The summed E-state index contributed by atoms with van der Waals surface area (Å²) >= 11 is 0. The summed E-state index contributed by atoms with van der Waals surface area (Å²) in [6, 6.07) is 1.17. The third-order valence-corrected chi connectivity index (χ3v) is 4.02. The van der Waals surface area contributed by atoms with Crippen LogP contribution in [0, 0.1) is 0 Å². The number of hydrogen-bond donors (Lipinski definition) is 1. The second-order valence-electron chi connectivity index (χ2n) is 5.30. The Hall–Kier alpha value is -0.120. The van der Waals surface area contributed by atoms with Crippen molar-refractivity contribution in [3.63, 3.8) is 0 Å². The number of ether oxygens (including phenoxy) is 1. The Labute approximate surface area is 99.3 Å². The van der Waals surface area contributed by atoms with Crippen molar-refractivity contribution >= 4 is 0 Å². The molecular formula is C13H26N2O. The van der Waals surface area contributed by atoms with Crippen LogP contribution < -0.4 is 5.73 Å². The predicted octanol–water partition coefficient (Wildman–Crippen LogP) is 1.76. The summed E-state index contributed by atoms with van der Waals surface area (Å²) in [4.78, 5) is 2.63. The minimum absolute atomic E-state index is 0.436. The Balaban J connectivity index is 1.83. The van der Waals surface area contributed by atoms with Crippen LogP contribution in [0.15, 0.2) is 0 Å². The first kappa shape index (κ1) is 12.3. The van der Waals surface area contributed by atoms with Crippen LogP contribution in [-0.2, 0) is 4.74 Å². The second kappa shape index (κ2) is 5.99. The number of likely N-dealkylation sites (tertiary alicyclic amines) is 1. The summed E-state index contributed by atoms with van der Waals surface area (Å²) < 4.78 is 5.76. The maximum Gasteiger partial charge on any atom is 0.0702 e. The van der Waals surface area contributed by atoms with Crippen LogP contribution >= 0.6 is 0 Å². The average Bonchev–Trinajstić information content (AvgIpc) is 2.30. The first-order valence-electron chi connectivity index (χ1n) is 6.90. The predicted molar refractivity (Wildman–Crippen MR) is 66.5 cm³/mol. The fourth-order valence-electron chi connectivity index (χ4n) is 3.20. The lowest BCUT2D eigenvalue weighted by Gasteiger charge is -2.41. The summed E-state index contributed by atoms with van der Waals surface area (Å²) in [5, 5.41) is 0. The Morgan fingerprint density at radius 3 is 2.88 bits per heavy atom. The highest BCUT2D eigenvalue weighted by molar-refractivity contribution is 4.85. The molecule has 1 saturated heterocycles. The van der Waals surface area contributed by atoms with Crippen LogP contribution in [0.25, 0.3) is 0 Å². The minimum Gasteiger partial charge on any atom is -0.377 e. The molecule has 16 heavy (non-hydrogen) atoms. The highest BCUT2D eigenvalue weighted by atomic mass is 16.5. The van der Waals surface area contributed by atoms with Gasteiger partial charge in [-0.15, -0.1) is 0 Å². The molecule has 0 amide bonds. The van der Waals surface area contributed by atoms with E-state index in [1.165, 1.54) is 45.1 Å². The van der Waals surface area contributed by atoms with Crippen LogP contribution in [0.2, 0.25) is 0 Å². The molecule has 94 valence electrons. The fourth-order valence-corrected chi connectivity index (χ4v) is 3.20. The molecule has 2 N–H and O–H groups in total. The normalized spacial score (nSPS) is 37.5. The highest BCUT2D eigenvalue weighted by Crippen LogP contribution is 2.25. The van der Waals surface area contributed by atoms with Crippen LogP contribution in [0.5, 0.6) is 0 Å². The maximum atomic E-state index is 6.07. The molecule has 0 bridgehead atoms. The molecule has 0 spiro atoms. The van der Waals surface area contributed by atoms with Gasteiger partial charge in [0, 0.05) is 25.2 Å². The third-order valence-electron chi connectivity index (χ3n) is 4.02. The summed E-state index contributed by atoms with van der Waals surface area (Å²) in [5.41, 5.74) is 6.07. The van der Waals surface area contributed by atoms with Gasteiger partial charge >= 0.3 is 0 Å². The van der Waals surface area contributed by atoms with Gasteiger partial charge in [0.25, 0.3) is 0 Å². The SMILES string of the molecule is CCOC1CCCN(C2CCCC(N)C2)C1. The van der Waals surface area contributed by atoms with Gasteiger partial charge in [0.05, 0.1) is 6.10 Å². The van der Waals surface area contributed by atoms with Gasteiger partial charge in [-0.05, 0) is 45.6 Å². The van der Waals surface area contributed by atoms with Crippen molar-refractivity contribution in [2.24, 2.45) is 5.73 Å².